The Hall–Kier alpha value is -1.38. The molecule has 0 aromatic heterocycles. The smallest absolute Gasteiger partial charge is 0.389 e. The van der Waals surface area contributed by atoms with Crippen molar-refractivity contribution in [3.05, 3.63) is 0 Å². The van der Waals surface area contributed by atoms with Crippen molar-refractivity contribution in [3.63, 3.8) is 0 Å². The molecule has 3 N–H and O–H groups in total. The molecular weight excluding hydrogens is 236 g/mol. The lowest BCUT2D eigenvalue weighted by Crippen LogP contribution is -2.58. The lowest BCUT2D eigenvalue weighted by atomic mass is 10.1. The van der Waals surface area contributed by atoms with Crippen LogP contribution in [0.4, 0.5) is 17.6 Å². The van der Waals surface area contributed by atoms with Crippen LogP contribution in [0.15, 0.2) is 0 Å². The molecule has 0 aliphatic carbocycles. The van der Waals surface area contributed by atoms with Crippen molar-refractivity contribution in [1.29, 1.82) is 0 Å². The van der Waals surface area contributed by atoms with E-state index in [-0.39, 0.29) is 0 Å². The van der Waals surface area contributed by atoms with E-state index in [1.54, 1.807) is 0 Å². The molecule has 1 fully saturated rings. The SMILES string of the molecule is O=C1NCC(O)CNC(=O)C(F)(F)C1(F)F. The van der Waals surface area contributed by atoms with Gasteiger partial charge in [0.2, 0.25) is 0 Å². The lowest BCUT2D eigenvalue weighted by molar-refractivity contribution is -0.210. The molecule has 16 heavy (non-hydrogen) atoms. The quantitative estimate of drug-likeness (QED) is 0.471. The van der Waals surface area contributed by atoms with Crippen LogP contribution in [-0.4, -0.2) is 48.0 Å². The molecule has 0 spiro atoms. The van der Waals surface area contributed by atoms with Crippen molar-refractivity contribution < 1.29 is 32.3 Å². The van der Waals surface area contributed by atoms with E-state index in [0.717, 1.165) is 0 Å². The van der Waals surface area contributed by atoms with E-state index < -0.39 is 42.9 Å². The third-order valence-corrected chi connectivity index (χ3v) is 1.96. The van der Waals surface area contributed by atoms with Crippen molar-refractivity contribution >= 4 is 11.8 Å². The second-order valence-corrected chi connectivity index (χ2v) is 3.22. The van der Waals surface area contributed by atoms with Crippen molar-refractivity contribution in [1.82, 2.24) is 10.6 Å². The fourth-order valence-corrected chi connectivity index (χ4v) is 1.00. The molecule has 0 saturated carbocycles. The van der Waals surface area contributed by atoms with E-state index in [2.05, 4.69) is 0 Å². The van der Waals surface area contributed by atoms with E-state index in [4.69, 9.17) is 5.11 Å². The molecule has 0 bridgehead atoms. The minimum Gasteiger partial charge on any atom is -0.389 e. The number of nitrogens with one attached hydrogen (secondary N) is 2. The monoisotopic (exact) mass is 244 g/mol. The number of β-amino-alcohol motifs (C(OH)–C–C–N with tert-alkyl or cyclic N) is 1. The summed E-state index contributed by atoms with van der Waals surface area (Å²) >= 11 is 0. The first kappa shape index (κ1) is 12.7. The van der Waals surface area contributed by atoms with E-state index in [0.29, 0.717) is 0 Å². The molecule has 0 aromatic rings. The maximum absolute atomic E-state index is 12.9. The van der Waals surface area contributed by atoms with Gasteiger partial charge in [0, 0.05) is 13.1 Å². The summed E-state index contributed by atoms with van der Waals surface area (Å²) in [5, 5.41) is 11.9. The Labute approximate surface area is 86.8 Å². The number of halogens is 4. The summed E-state index contributed by atoms with van der Waals surface area (Å²) in [6, 6.07) is 0. The summed E-state index contributed by atoms with van der Waals surface area (Å²) in [5.74, 6) is -14.9. The van der Waals surface area contributed by atoms with Crippen LogP contribution in [-0.2, 0) is 9.59 Å². The van der Waals surface area contributed by atoms with Crippen molar-refractivity contribution in [2.45, 2.75) is 17.9 Å². The maximum Gasteiger partial charge on any atom is 0.395 e. The number of aliphatic hydroxyl groups is 1. The minimum absolute atomic E-state index is 0.648. The average molecular weight is 244 g/mol. The van der Waals surface area contributed by atoms with Gasteiger partial charge in [0.15, 0.2) is 0 Å². The minimum atomic E-state index is -5.15. The first-order valence-corrected chi connectivity index (χ1v) is 4.20. The highest BCUT2D eigenvalue weighted by molar-refractivity contribution is 5.95. The van der Waals surface area contributed by atoms with Gasteiger partial charge in [0.25, 0.3) is 11.8 Å². The predicted molar refractivity (Wildman–Crippen MR) is 41.9 cm³/mol. The largest absolute Gasteiger partial charge is 0.395 e. The van der Waals surface area contributed by atoms with Gasteiger partial charge < -0.3 is 15.7 Å². The molecule has 1 saturated heterocycles. The normalized spacial score (nSPS) is 26.1. The summed E-state index contributed by atoms with van der Waals surface area (Å²) < 4.78 is 51.5. The Bertz CT molecular complexity index is 291. The zero-order chi connectivity index (χ0) is 12.6. The molecule has 0 unspecified atom stereocenters. The molecule has 5 nitrogen and oxygen atoms in total. The topological polar surface area (TPSA) is 78.4 Å². The number of carbonyl (C=O) groups excluding carboxylic acids is 2. The predicted octanol–water partition coefficient (Wildman–Crippen LogP) is -1.14. The molecule has 1 rings (SSSR count). The Balaban J connectivity index is 3.06. The Morgan fingerprint density at radius 1 is 1.00 bits per heavy atom. The Kier molecular flexibility index (Phi) is 3.08. The number of hydrogen-bond donors (Lipinski definition) is 3. The molecule has 1 aliphatic heterocycles. The van der Waals surface area contributed by atoms with Crippen LogP contribution in [0, 0.1) is 0 Å². The number of hydrogen-bond acceptors (Lipinski definition) is 3. The Morgan fingerprint density at radius 3 is 1.62 bits per heavy atom. The van der Waals surface area contributed by atoms with Crippen molar-refractivity contribution in [2.75, 3.05) is 13.1 Å². The summed E-state index contributed by atoms with van der Waals surface area (Å²) in [6.07, 6.45) is -1.40. The molecule has 1 aliphatic rings. The van der Waals surface area contributed by atoms with Gasteiger partial charge in [0.1, 0.15) is 0 Å². The molecule has 1 heterocycles. The summed E-state index contributed by atoms with van der Waals surface area (Å²) in [5.41, 5.74) is 0. The summed E-state index contributed by atoms with van der Waals surface area (Å²) in [7, 11) is 0. The molecule has 0 radical (unpaired) electrons. The molecular formula is C7H8F4N2O3. The maximum atomic E-state index is 12.9. The zero-order valence-electron chi connectivity index (χ0n) is 7.77. The highest BCUT2D eigenvalue weighted by atomic mass is 19.3. The fraction of sp³-hybridized carbons (Fsp3) is 0.714. The number of alkyl halides is 4. The van der Waals surface area contributed by atoms with Gasteiger partial charge in [-0.25, -0.2) is 0 Å². The van der Waals surface area contributed by atoms with Gasteiger partial charge in [-0.3, -0.25) is 9.59 Å². The Morgan fingerprint density at radius 2 is 1.31 bits per heavy atom. The van der Waals surface area contributed by atoms with Gasteiger partial charge in [-0.2, -0.15) is 17.6 Å². The van der Waals surface area contributed by atoms with Crippen LogP contribution in [0.25, 0.3) is 0 Å². The first-order valence-electron chi connectivity index (χ1n) is 4.20. The van der Waals surface area contributed by atoms with Crippen LogP contribution in [0.5, 0.6) is 0 Å². The standard InChI is InChI=1S/C7H8F4N2O3/c8-6(9)4(15)12-1-3(14)2-13-5(16)7(6,10)11/h3,14H,1-2H2,(H,12,15)(H,13,16). The molecule has 0 aromatic carbocycles. The first-order chi connectivity index (χ1) is 7.19. The highest BCUT2D eigenvalue weighted by Crippen LogP contribution is 2.34. The van der Waals surface area contributed by atoms with E-state index in [9.17, 15) is 27.2 Å². The van der Waals surface area contributed by atoms with Gasteiger partial charge in [-0.15, -0.1) is 0 Å². The number of rotatable bonds is 0. The van der Waals surface area contributed by atoms with Crippen LogP contribution in [0.3, 0.4) is 0 Å². The van der Waals surface area contributed by atoms with Crippen LogP contribution < -0.4 is 10.6 Å². The fourth-order valence-electron chi connectivity index (χ4n) is 1.00. The van der Waals surface area contributed by atoms with Crippen molar-refractivity contribution in [2.24, 2.45) is 0 Å². The number of amides is 2. The van der Waals surface area contributed by atoms with Crippen molar-refractivity contribution in [3.8, 4) is 0 Å². The van der Waals surface area contributed by atoms with Gasteiger partial charge in [0.05, 0.1) is 6.10 Å². The number of aliphatic hydroxyl groups excluding tert-OH is 1. The average Bonchev–Trinajstić information content (AvgIpc) is 2.22. The zero-order valence-corrected chi connectivity index (χ0v) is 7.77. The van der Waals surface area contributed by atoms with Gasteiger partial charge in [-0.05, 0) is 0 Å². The molecule has 9 heteroatoms. The third-order valence-electron chi connectivity index (χ3n) is 1.96. The molecule has 2 amide bonds. The second kappa shape index (κ2) is 3.89. The third kappa shape index (κ3) is 1.94. The summed E-state index contributed by atoms with van der Waals surface area (Å²) in [6.45, 7) is -1.30. The van der Waals surface area contributed by atoms with E-state index >= 15 is 0 Å². The van der Waals surface area contributed by atoms with Crippen LogP contribution >= 0.6 is 0 Å². The van der Waals surface area contributed by atoms with E-state index in [1.807, 2.05) is 0 Å². The van der Waals surface area contributed by atoms with Crippen LogP contribution in [0.2, 0.25) is 0 Å². The highest BCUT2D eigenvalue weighted by Gasteiger charge is 2.67. The summed E-state index contributed by atoms with van der Waals surface area (Å²) in [4.78, 5) is 21.4. The lowest BCUT2D eigenvalue weighted by Gasteiger charge is -2.22. The van der Waals surface area contributed by atoms with Crippen LogP contribution in [0.1, 0.15) is 0 Å². The van der Waals surface area contributed by atoms with E-state index in [1.165, 1.54) is 10.6 Å². The second-order valence-electron chi connectivity index (χ2n) is 3.22. The molecule has 0 atom stereocenters. The number of carbonyl (C=O) groups is 2. The van der Waals surface area contributed by atoms with Gasteiger partial charge >= 0.3 is 11.8 Å². The van der Waals surface area contributed by atoms with Gasteiger partial charge in [-0.1, -0.05) is 0 Å². The molecule has 92 valence electrons.